The number of rotatable bonds is 4. The fourth-order valence-electron chi connectivity index (χ4n) is 1.86. The van der Waals surface area contributed by atoms with Gasteiger partial charge in [0.1, 0.15) is 0 Å². The largest absolute Gasteiger partial charge is 0.277 e. The van der Waals surface area contributed by atoms with E-state index in [0.717, 1.165) is 29.3 Å². The molecule has 0 saturated heterocycles. The first-order valence-corrected chi connectivity index (χ1v) is 7.29. The van der Waals surface area contributed by atoms with Crippen molar-refractivity contribution in [1.82, 2.24) is 0 Å². The second kappa shape index (κ2) is 6.52. The molecule has 1 unspecified atom stereocenters. The van der Waals surface area contributed by atoms with Gasteiger partial charge in [0.25, 0.3) is 5.69 Å². The monoisotopic (exact) mass is 276 g/mol. The van der Waals surface area contributed by atoms with Gasteiger partial charge in [0.2, 0.25) is 0 Å². The van der Waals surface area contributed by atoms with Gasteiger partial charge in [-0.1, -0.05) is 25.1 Å². The minimum Gasteiger partial charge on any atom is -0.277 e. The number of non-ortho nitro benzene ring substituents is 1. The molecule has 0 amide bonds. The van der Waals surface area contributed by atoms with Gasteiger partial charge in [-0.25, -0.2) is 0 Å². The Hall–Kier alpha value is -1.62. The van der Waals surface area contributed by atoms with Gasteiger partial charge in [-0.2, -0.15) is 0 Å². The number of dihydropyridines is 1. The fraction of sp³-hybridized carbons (Fsp3) is 0.357. The van der Waals surface area contributed by atoms with Crippen molar-refractivity contribution >= 4 is 22.5 Å². The molecule has 1 atom stereocenters. The highest BCUT2D eigenvalue weighted by Crippen LogP contribution is 2.24. The van der Waals surface area contributed by atoms with Crippen LogP contribution in [0.25, 0.3) is 0 Å². The van der Waals surface area contributed by atoms with Crippen LogP contribution in [0.4, 0.5) is 5.69 Å². The van der Waals surface area contributed by atoms with Crippen LogP contribution in [0.1, 0.15) is 24.8 Å². The summed E-state index contributed by atoms with van der Waals surface area (Å²) in [7, 11) is 0. The third-order valence-electron chi connectivity index (χ3n) is 2.90. The van der Waals surface area contributed by atoms with Gasteiger partial charge in [0.15, 0.2) is 0 Å². The van der Waals surface area contributed by atoms with Crippen LogP contribution in [0.2, 0.25) is 0 Å². The van der Waals surface area contributed by atoms with Gasteiger partial charge in [0.05, 0.1) is 16.5 Å². The number of nitro groups is 1. The molecule has 0 radical (unpaired) electrons. The lowest BCUT2D eigenvalue weighted by Gasteiger charge is -2.15. The Bertz CT molecular complexity index is 509. The van der Waals surface area contributed by atoms with Crippen LogP contribution < -0.4 is 0 Å². The summed E-state index contributed by atoms with van der Waals surface area (Å²) < 4.78 is 0. The number of nitro benzene ring substituents is 1. The average Bonchev–Trinajstić information content (AvgIpc) is 2.46. The van der Waals surface area contributed by atoms with E-state index in [4.69, 9.17) is 0 Å². The molecule has 0 bridgehead atoms. The van der Waals surface area contributed by atoms with Crippen LogP contribution in [0.5, 0.6) is 0 Å². The molecule has 1 aliphatic rings. The Balaban J connectivity index is 2.00. The maximum Gasteiger partial charge on any atom is 0.269 e. The molecule has 0 saturated carbocycles. The molecule has 5 heteroatoms. The van der Waals surface area contributed by atoms with Crippen molar-refractivity contribution in [2.24, 2.45) is 4.99 Å². The molecule has 2 rings (SSSR count). The summed E-state index contributed by atoms with van der Waals surface area (Å²) in [6.45, 7) is 2.88. The van der Waals surface area contributed by atoms with Crippen molar-refractivity contribution in [3.8, 4) is 0 Å². The minimum atomic E-state index is -0.377. The number of benzene rings is 1. The van der Waals surface area contributed by atoms with E-state index in [1.165, 1.54) is 0 Å². The molecule has 0 N–H and O–H groups in total. The molecule has 0 aliphatic carbocycles. The summed E-state index contributed by atoms with van der Waals surface area (Å²) in [5.41, 5.74) is 1.20. The summed E-state index contributed by atoms with van der Waals surface area (Å²) in [5, 5.41) is 11.7. The summed E-state index contributed by atoms with van der Waals surface area (Å²) in [4.78, 5) is 14.8. The lowest BCUT2D eigenvalue weighted by molar-refractivity contribution is -0.384. The molecule has 100 valence electrons. The fourth-order valence-corrected chi connectivity index (χ4v) is 2.61. The number of hydrogen-bond acceptors (Lipinski definition) is 4. The molecule has 1 heterocycles. The molecule has 0 aromatic heterocycles. The highest BCUT2D eigenvalue weighted by molar-refractivity contribution is 8.14. The van der Waals surface area contributed by atoms with Gasteiger partial charge in [-0.05, 0) is 23.8 Å². The first kappa shape index (κ1) is 13.8. The van der Waals surface area contributed by atoms with Crippen LogP contribution in [0.15, 0.2) is 41.4 Å². The maximum absolute atomic E-state index is 10.6. The zero-order valence-corrected chi connectivity index (χ0v) is 11.6. The van der Waals surface area contributed by atoms with Crippen LogP contribution >= 0.6 is 11.8 Å². The van der Waals surface area contributed by atoms with E-state index in [9.17, 15) is 10.1 Å². The minimum absolute atomic E-state index is 0.131. The summed E-state index contributed by atoms with van der Waals surface area (Å²) >= 11 is 1.77. The summed E-state index contributed by atoms with van der Waals surface area (Å²) in [6, 6.07) is 6.72. The normalized spacial score (nSPS) is 18.2. The molecule has 4 nitrogen and oxygen atoms in total. The number of thioether (sulfide) groups is 1. The van der Waals surface area contributed by atoms with Gasteiger partial charge in [-0.15, -0.1) is 11.8 Å². The van der Waals surface area contributed by atoms with Crippen molar-refractivity contribution in [2.45, 2.75) is 19.3 Å². The Morgan fingerprint density at radius 1 is 1.42 bits per heavy atom. The number of nitrogens with zero attached hydrogens (tertiary/aromatic N) is 2. The van der Waals surface area contributed by atoms with Crippen molar-refractivity contribution in [3.05, 3.63) is 52.1 Å². The maximum atomic E-state index is 10.6. The quantitative estimate of drug-likeness (QED) is 0.621. The number of aliphatic imine (C=N–C) groups is 1. The lowest BCUT2D eigenvalue weighted by Crippen LogP contribution is -2.07. The van der Waals surface area contributed by atoms with Gasteiger partial charge < -0.3 is 0 Å². The first-order valence-electron chi connectivity index (χ1n) is 6.30. The van der Waals surface area contributed by atoms with Gasteiger partial charge in [0, 0.05) is 18.1 Å². The Morgan fingerprint density at radius 2 is 2.16 bits per heavy atom. The molecule has 19 heavy (non-hydrogen) atoms. The van der Waals surface area contributed by atoms with E-state index in [-0.39, 0.29) is 16.5 Å². The standard InChI is InChI=1S/C14H16N2O2S/c1-2-9-19-14-8-5-12(10-15-14)11-3-6-13(7-4-11)16(17)18/h3-8,12H,2,9-10H2,1H3. The molecule has 1 aromatic carbocycles. The van der Waals surface area contributed by atoms with E-state index < -0.39 is 0 Å². The first-order chi connectivity index (χ1) is 9.20. The molecule has 0 fully saturated rings. The predicted molar refractivity (Wildman–Crippen MR) is 80.0 cm³/mol. The molecular weight excluding hydrogens is 260 g/mol. The zero-order valence-electron chi connectivity index (χ0n) is 10.8. The lowest BCUT2D eigenvalue weighted by atomic mass is 9.97. The van der Waals surface area contributed by atoms with Crippen molar-refractivity contribution in [1.29, 1.82) is 0 Å². The smallest absolute Gasteiger partial charge is 0.269 e. The summed E-state index contributed by atoms with van der Waals surface area (Å²) in [5.74, 6) is 1.32. The van der Waals surface area contributed by atoms with Crippen LogP contribution in [0, 0.1) is 10.1 Å². The van der Waals surface area contributed by atoms with Crippen molar-refractivity contribution in [2.75, 3.05) is 12.3 Å². The van der Waals surface area contributed by atoms with E-state index in [1.54, 1.807) is 23.9 Å². The highest BCUT2D eigenvalue weighted by atomic mass is 32.2. The van der Waals surface area contributed by atoms with Crippen LogP contribution in [-0.4, -0.2) is 22.3 Å². The Kier molecular flexibility index (Phi) is 4.74. The second-order valence-electron chi connectivity index (χ2n) is 4.34. The van der Waals surface area contributed by atoms with Crippen LogP contribution in [-0.2, 0) is 0 Å². The average molecular weight is 276 g/mol. The molecular formula is C14H16N2O2S. The zero-order chi connectivity index (χ0) is 13.7. The third kappa shape index (κ3) is 3.67. The topological polar surface area (TPSA) is 55.5 Å². The third-order valence-corrected chi connectivity index (χ3v) is 4.07. The van der Waals surface area contributed by atoms with E-state index in [2.05, 4.69) is 24.1 Å². The second-order valence-corrected chi connectivity index (χ2v) is 5.46. The van der Waals surface area contributed by atoms with E-state index in [0.29, 0.717) is 0 Å². The predicted octanol–water partition coefficient (Wildman–Crippen LogP) is 3.79. The Labute approximate surface area is 116 Å². The SMILES string of the molecule is CCCSC1=NCC(c2ccc([N+](=O)[O-])cc2)C=C1. The van der Waals surface area contributed by atoms with Gasteiger partial charge >= 0.3 is 0 Å². The molecule has 1 aromatic rings. The van der Waals surface area contributed by atoms with Gasteiger partial charge in [-0.3, -0.25) is 15.1 Å². The number of hydrogen-bond donors (Lipinski definition) is 0. The molecule has 0 spiro atoms. The van der Waals surface area contributed by atoms with Crippen molar-refractivity contribution in [3.63, 3.8) is 0 Å². The summed E-state index contributed by atoms with van der Waals surface area (Å²) in [6.07, 6.45) is 5.32. The van der Waals surface area contributed by atoms with E-state index in [1.807, 2.05) is 12.1 Å². The Morgan fingerprint density at radius 3 is 2.68 bits per heavy atom. The molecule has 1 aliphatic heterocycles. The van der Waals surface area contributed by atoms with E-state index >= 15 is 0 Å². The van der Waals surface area contributed by atoms with Crippen LogP contribution in [0.3, 0.4) is 0 Å². The van der Waals surface area contributed by atoms with Crippen molar-refractivity contribution < 1.29 is 4.92 Å². The highest BCUT2D eigenvalue weighted by Gasteiger charge is 2.13.